The number of rotatable bonds is 30. The molecule has 0 aromatic heterocycles. The smallest absolute Gasteiger partial charge is 0.303 e. The second-order valence-corrected chi connectivity index (χ2v) is 11.5. The molecule has 40 heavy (non-hydrogen) atoms. The first-order valence-electron chi connectivity index (χ1n) is 17.3. The molecule has 4 nitrogen and oxygen atoms in total. The Morgan fingerprint density at radius 2 is 0.600 bits per heavy atom. The molecule has 4 heteroatoms. The van der Waals surface area contributed by atoms with Crippen molar-refractivity contribution in [2.24, 2.45) is 0 Å². The third-order valence-corrected chi connectivity index (χ3v) is 7.30. The molecular weight excluding hydrogens is 496 g/mol. The summed E-state index contributed by atoms with van der Waals surface area (Å²) in [5.41, 5.74) is 0. The number of carboxylic acids is 2. The van der Waals surface area contributed by atoms with Crippen LogP contribution in [-0.4, -0.2) is 22.2 Å². The number of hydrogen-bond acceptors (Lipinski definition) is 2. The van der Waals surface area contributed by atoms with Crippen LogP contribution in [0, 0.1) is 0 Å². The lowest BCUT2D eigenvalue weighted by molar-refractivity contribution is -0.138. The van der Waals surface area contributed by atoms with Gasteiger partial charge in [0.2, 0.25) is 0 Å². The molecule has 0 spiro atoms. The summed E-state index contributed by atoms with van der Waals surface area (Å²) in [4.78, 5) is 20.7. The highest BCUT2D eigenvalue weighted by atomic mass is 16.4. The van der Waals surface area contributed by atoms with E-state index in [0.29, 0.717) is 12.8 Å². The lowest BCUT2D eigenvalue weighted by Gasteiger charge is -2.00. The summed E-state index contributed by atoms with van der Waals surface area (Å²) in [6.45, 7) is 4.50. The molecule has 0 heterocycles. The number of carboxylic acid groups (broad SMARTS) is 2. The van der Waals surface area contributed by atoms with Crippen LogP contribution in [0.1, 0.15) is 194 Å². The Morgan fingerprint density at radius 3 is 0.850 bits per heavy atom. The van der Waals surface area contributed by atoms with Gasteiger partial charge in [-0.3, -0.25) is 9.59 Å². The zero-order chi connectivity index (χ0) is 29.8. The average Bonchev–Trinajstić information content (AvgIpc) is 2.93. The molecule has 0 unspecified atom stereocenters. The standard InChI is InChI=1S/2C18H34O2/c2*1-2-3-4-5-6-7-8-9-10-11-12-13-14-15-16-17-18(19)20/h2*7-8H,2-6,9-17H2,1H3,(H,19,20)/b8-7+;. The van der Waals surface area contributed by atoms with Gasteiger partial charge in [-0.25, -0.2) is 0 Å². The average molecular weight is 565 g/mol. The monoisotopic (exact) mass is 565 g/mol. The second-order valence-electron chi connectivity index (χ2n) is 11.5. The molecule has 0 aliphatic rings. The van der Waals surface area contributed by atoms with Crippen molar-refractivity contribution in [3.63, 3.8) is 0 Å². The summed E-state index contributed by atoms with van der Waals surface area (Å²) in [6, 6.07) is 0. The zero-order valence-corrected chi connectivity index (χ0v) is 26.8. The van der Waals surface area contributed by atoms with Crippen LogP contribution in [0.15, 0.2) is 24.3 Å². The van der Waals surface area contributed by atoms with Crippen molar-refractivity contribution in [2.75, 3.05) is 0 Å². The Bertz CT molecular complexity index is 517. The van der Waals surface area contributed by atoms with E-state index in [2.05, 4.69) is 38.2 Å². The minimum Gasteiger partial charge on any atom is -0.481 e. The maximum Gasteiger partial charge on any atom is 0.303 e. The molecule has 0 aromatic carbocycles. The van der Waals surface area contributed by atoms with Crippen LogP contribution in [0.4, 0.5) is 0 Å². The lowest BCUT2D eigenvalue weighted by atomic mass is 10.1. The Hall–Kier alpha value is -1.58. The van der Waals surface area contributed by atoms with E-state index in [1.165, 1.54) is 141 Å². The molecule has 0 rings (SSSR count). The topological polar surface area (TPSA) is 74.6 Å². The summed E-state index contributed by atoms with van der Waals surface area (Å²) in [5, 5.41) is 17.0. The Morgan fingerprint density at radius 1 is 0.375 bits per heavy atom. The molecule has 0 aliphatic carbocycles. The highest BCUT2D eigenvalue weighted by Gasteiger charge is 1.97. The first-order chi connectivity index (χ1) is 19.5. The number of allylic oxidation sites excluding steroid dienone is 4. The number of carbonyl (C=O) groups is 2. The Balaban J connectivity index is 0. The van der Waals surface area contributed by atoms with Crippen LogP contribution in [0.5, 0.6) is 0 Å². The van der Waals surface area contributed by atoms with Gasteiger partial charge in [0, 0.05) is 12.8 Å². The molecule has 0 radical (unpaired) electrons. The van der Waals surface area contributed by atoms with Crippen LogP contribution >= 0.6 is 0 Å². The molecule has 0 aromatic rings. The lowest BCUT2D eigenvalue weighted by Crippen LogP contribution is -1.93. The van der Waals surface area contributed by atoms with E-state index in [0.717, 1.165) is 25.7 Å². The van der Waals surface area contributed by atoms with E-state index in [1.54, 1.807) is 0 Å². The van der Waals surface area contributed by atoms with Crippen molar-refractivity contribution >= 4 is 11.9 Å². The number of hydrogen-bond donors (Lipinski definition) is 2. The van der Waals surface area contributed by atoms with Gasteiger partial charge in [-0.1, -0.05) is 141 Å². The van der Waals surface area contributed by atoms with Crippen LogP contribution < -0.4 is 0 Å². The Kier molecular flexibility index (Phi) is 37.9. The van der Waals surface area contributed by atoms with Gasteiger partial charge in [-0.2, -0.15) is 0 Å². The highest BCUT2D eigenvalue weighted by Crippen LogP contribution is 2.12. The zero-order valence-electron chi connectivity index (χ0n) is 26.8. The molecule has 0 saturated carbocycles. The van der Waals surface area contributed by atoms with Crippen molar-refractivity contribution in [3.05, 3.63) is 24.3 Å². The molecule has 0 saturated heterocycles. The molecule has 236 valence electrons. The normalized spacial score (nSPS) is 11.2. The van der Waals surface area contributed by atoms with E-state index >= 15 is 0 Å². The van der Waals surface area contributed by atoms with Gasteiger partial charge in [0.05, 0.1) is 0 Å². The van der Waals surface area contributed by atoms with E-state index < -0.39 is 11.9 Å². The van der Waals surface area contributed by atoms with Crippen molar-refractivity contribution in [2.45, 2.75) is 194 Å². The molecular formula is C36H68O4. The summed E-state index contributed by atoms with van der Waals surface area (Å²) in [6.07, 6.45) is 42.5. The minimum atomic E-state index is -0.661. The van der Waals surface area contributed by atoms with Gasteiger partial charge in [-0.05, 0) is 64.2 Å². The minimum absolute atomic E-state index is 0.336. The fourth-order valence-electron chi connectivity index (χ4n) is 4.69. The third-order valence-electron chi connectivity index (χ3n) is 7.30. The summed E-state index contributed by atoms with van der Waals surface area (Å²) >= 11 is 0. The van der Waals surface area contributed by atoms with Crippen molar-refractivity contribution in [1.29, 1.82) is 0 Å². The van der Waals surface area contributed by atoms with Crippen LogP contribution in [0.2, 0.25) is 0 Å². The maximum absolute atomic E-state index is 10.3. The first-order valence-corrected chi connectivity index (χ1v) is 17.3. The fourth-order valence-corrected chi connectivity index (χ4v) is 4.69. The summed E-state index contributed by atoms with van der Waals surface area (Å²) < 4.78 is 0. The van der Waals surface area contributed by atoms with Crippen LogP contribution in [-0.2, 0) is 9.59 Å². The summed E-state index contributed by atoms with van der Waals surface area (Å²) in [5.74, 6) is -1.32. The predicted molar refractivity (Wildman–Crippen MR) is 174 cm³/mol. The van der Waals surface area contributed by atoms with E-state index in [4.69, 9.17) is 10.2 Å². The van der Waals surface area contributed by atoms with Crippen molar-refractivity contribution in [3.8, 4) is 0 Å². The van der Waals surface area contributed by atoms with Gasteiger partial charge >= 0.3 is 11.9 Å². The number of unbranched alkanes of at least 4 members (excludes halogenated alkanes) is 22. The van der Waals surface area contributed by atoms with E-state index in [9.17, 15) is 9.59 Å². The SMILES string of the molecule is CCCCCC/C=C/CCCCCCCCCC(=O)O.CCCCCCC=CCCCCCCCCCC(=O)O. The van der Waals surface area contributed by atoms with Gasteiger partial charge in [0.1, 0.15) is 0 Å². The molecule has 0 atom stereocenters. The van der Waals surface area contributed by atoms with E-state index in [1.807, 2.05) is 0 Å². The molecule has 0 aliphatic heterocycles. The van der Waals surface area contributed by atoms with Crippen LogP contribution in [0.3, 0.4) is 0 Å². The largest absolute Gasteiger partial charge is 0.481 e. The van der Waals surface area contributed by atoms with Gasteiger partial charge in [0.15, 0.2) is 0 Å². The molecule has 0 amide bonds. The third kappa shape index (κ3) is 43.5. The predicted octanol–water partition coefficient (Wildman–Crippen LogP) is 12.2. The second kappa shape index (κ2) is 37.4. The fraction of sp³-hybridized carbons (Fsp3) is 0.833. The van der Waals surface area contributed by atoms with Crippen molar-refractivity contribution < 1.29 is 19.8 Å². The maximum atomic E-state index is 10.3. The van der Waals surface area contributed by atoms with Gasteiger partial charge in [0.25, 0.3) is 0 Å². The summed E-state index contributed by atoms with van der Waals surface area (Å²) in [7, 11) is 0. The molecule has 0 fully saturated rings. The molecule has 2 N–H and O–H groups in total. The highest BCUT2D eigenvalue weighted by molar-refractivity contribution is 5.66. The van der Waals surface area contributed by atoms with Gasteiger partial charge < -0.3 is 10.2 Å². The van der Waals surface area contributed by atoms with Crippen molar-refractivity contribution in [1.82, 2.24) is 0 Å². The quantitative estimate of drug-likeness (QED) is 0.0672. The first kappa shape index (κ1) is 40.6. The van der Waals surface area contributed by atoms with Gasteiger partial charge in [-0.15, -0.1) is 0 Å². The number of aliphatic carboxylic acids is 2. The Labute approximate surface area is 249 Å². The molecule has 0 bridgehead atoms. The van der Waals surface area contributed by atoms with Crippen LogP contribution in [0.25, 0.3) is 0 Å². The van der Waals surface area contributed by atoms with E-state index in [-0.39, 0.29) is 0 Å².